The van der Waals surface area contributed by atoms with E-state index in [1.54, 1.807) is 0 Å². The average Bonchev–Trinajstić information content (AvgIpc) is 2.15. The summed E-state index contributed by atoms with van der Waals surface area (Å²) in [6.07, 6.45) is -4.52. The summed E-state index contributed by atoms with van der Waals surface area (Å²) < 4.78 is 41.1. The number of benzene rings is 1. The van der Waals surface area contributed by atoms with Gasteiger partial charge in [0.1, 0.15) is 11.8 Å². The third kappa shape index (κ3) is 2.38. The van der Waals surface area contributed by atoms with E-state index in [-0.39, 0.29) is 5.56 Å². The molecule has 0 spiro atoms. The molecule has 0 amide bonds. The molecule has 1 radical (unpaired) electrons. The van der Waals surface area contributed by atoms with Crippen LogP contribution in [0.3, 0.4) is 0 Å². The second-order valence-corrected chi connectivity index (χ2v) is 2.75. The quantitative estimate of drug-likeness (QED) is 0.728. The Kier molecular flexibility index (Phi) is 3.00. The molecule has 0 bridgehead atoms. The predicted octanol–water partition coefficient (Wildman–Crippen LogP) is 2.58. The number of hydrogen-bond acceptors (Lipinski definition) is 1. The SMILES string of the molecule is COc1ccc(C([NH])C(F)(F)F)cc1. The Balaban J connectivity index is 2.87. The first kappa shape index (κ1) is 10.8. The minimum atomic E-state index is -4.52. The zero-order valence-electron chi connectivity index (χ0n) is 7.43. The van der Waals surface area contributed by atoms with Crippen LogP contribution in [0.5, 0.6) is 5.75 Å². The van der Waals surface area contributed by atoms with Crippen molar-refractivity contribution in [2.75, 3.05) is 7.11 Å². The molecule has 2 nitrogen and oxygen atoms in total. The van der Waals surface area contributed by atoms with E-state index < -0.39 is 12.2 Å². The number of hydrogen-bond donors (Lipinski definition) is 0. The summed E-state index contributed by atoms with van der Waals surface area (Å²) in [5.74, 6) is 0.475. The highest BCUT2D eigenvalue weighted by atomic mass is 19.4. The summed E-state index contributed by atoms with van der Waals surface area (Å²) in [6, 6.07) is 3.10. The standard InChI is InChI=1S/C9H9F3NO/c1-14-7-4-2-6(3-5-7)8(13)9(10,11)12/h2-5,8,13H,1H3. The van der Waals surface area contributed by atoms with Crippen LogP contribution in [0.2, 0.25) is 0 Å². The molecule has 5 heteroatoms. The molecule has 14 heavy (non-hydrogen) atoms. The number of methoxy groups -OCH3 is 1. The van der Waals surface area contributed by atoms with Gasteiger partial charge in [0.05, 0.1) is 7.11 Å². The van der Waals surface area contributed by atoms with Gasteiger partial charge in [-0.3, -0.25) is 0 Å². The smallest absolute Gasteiger partial charge is 0.409 e. The van der Waals surface area contributed by atoms with E-state index in [4.69, 9.17) is 10.5 Å². The fraction of sp³-hybridized carbons (Fsp3) is 0.333. The van der Waals surface area contributed by atoms with E-state index in [1.165, 1.54) is 31.4 Å². The Labute approximate surface area is 79.5 Å². The van der Waals surface area contributed by atoms with Crippen molar-refractivity contribution in [1.82, 2.24) is 5.73 Å². The van der Waals surface area contributed by atoms with Gasteiger partial charge in [-0.1, -0.05) is 12.1 Å². The molecule has 0 saturated heterocycles. The van der Waals surface area contributed by atoms with Crippen LogP contribution in [0, 0.1) is 0 Å². The molecule has 0 aromatic heterocycles. The molecule has 1 rings (SSSR count). The van der Waals surface area contributed by atoms with Gasteiger partial charge in [-0.25, -0.2) is 5.73 Å². The monoisotopic (exact) mass is 204 g/mol. The van der Waals surface area contributed by atoms with Gasteiger partial charge in [0.25, 0.3) is 0 Å². The lowest BCUT2D eigenvalue weighted by Crippen LogP contribution is -2.21. The van der Waals surface area contributed by atoms with E-state index in [2.05, 4.69) is 0 Å². The van der Waals surface area contributed by atoms with Crippen LogP contribution >= 0.6 is 0 Å². The summed E-state index contributed by atoms with van der Waals surface area (Å²) in [7, 11) is 1.43. The lowest BCUT2D eigenvalue weighted by molar-refractivity contribution is -0.151. The molecular formula is C9H9F3NO. The lowest BCUT2D eigenvalue weighted by atomic mass is 10.1. The summed E-state index contributed by atoms with van der Waals surface area (Å²) >= 11 is 0. The van der Waals surface area contributed by atoms with Crippen molar-refractivity contribution in [2.45, 2.75) is 12.2 Å². The highest BCUT2D eigenvalue weighted by Crippen LogP contribution is 2.32. The maximum Gasteiger partial charge on any atom is 0.409 e. The van der Waals surface area contributed by atoms with Crippen molar-refractivity contribution in [2.24, 2.45) is 0 Å². The largest absolute Gasteiger partial charge is 0.497 e. The molecular weight excluding hydrogens is 195 g/mol. The van der Waals surface area contributed by atoms with Crippen LogP contribution in [0.25, 0.3) is 0 Å². The molecule has 0 fully saturated rings. The number of alkyl halides is 3. The van der Waals surface area contributed by atoms with E-state index >= 15 is 0 Å². The minimum absolute atomic E-state index is 0.0849. The maximum atomic E-state index is 12.1. The van der Waals surface area contributed by atoms with Crippen molar-refractivity contribution in [1.29, 1.82) is 0 Å². The summed E-state index contributed by atoms with van der Waals surface area (Å²) in [6.45, 7) is 0. The summed E-state index contributed by atoms with van der Waals surface area (Å²) in [4.78, 5) is 0. The van der Waals surface area contributed by atoms with Crippen molar-refractivity contribution < 1.29 is 17.9 Å². The van der Waals surface area contributed by atoms with Gasteiger partial charge in [-0.2, -0.15) is 13.2 Å². The fourth-order valence-electron chi connectivity index (χ4n) is 0.985. The molecule has 1 aromatic rings. The van der Waals surface area contributed by atoms with Gasteiger partial charge >= 0.3 is 6.18 Å². The number of ether oxygens (including phenoxy) is 1. The first-order valence-electron chi connectivity index (χ1n) is 3.87. The predicted molar refractivity (Wildman–Crippen MR) is 44.9 cm³/mol. The first-order chi connectivity index (χ1) is 6.45. The average molecular weight is 204 g/mol. The third-order valence-electron chi connectivity index (χ3n) is 1.78. The van der Waals surface area contributed by atoms with Gasteiger partial charge in [0.15, 0.2) is 0 Å². The second-order valence-electron chi connectivity index (χ2n) is 2.75. The van der Waals surface area contributed by atoms with Gasteiger partial charge < -0.3 is 4.74 Å². The van der Waals surface area contributed by atoms with Gasteiger partial charge in [0, 0.05) is 0 Å². The molecule has 1 unspecified atom stereocenters. The van der Waals surface area contributed by atoms with E-state index in [1.807, 2.05) is 0 Å². The molecule has 1 N–H and O–H groups in total. The van der Waals surface area contributed by atoms with E-state index in [0.29, 0.717) is 5.75 Å². The molecule has 77 valence electrons. The normalized spacial score (nSPS) is 13.8. The van der Waals surface area contributed by atoms with Crippen LogP contribution in [0.1, 0.15) is 11.6 Å². The molecule has 1 aromatic carbocycles. The molecule has 0 aliphatic heterocycles. The number of halogens is 3. The van der Waals surface area contributed by atoms with E-state index in [0.717, 1.165) is 0 Å². The van der Waals surface area contributed by atoms with Crippen LogP contribution in [-0.2, 0) is 0 Å². The van der Waals surface area contributed by atoms with Crippen LogP contribution in [0.4, 0.5) is 13.2 Å². The van der Waals surface area contributed by atoms with Crippen LogP contribution in [-0.4, -0.2) is 13.3 Å². The Bertz CT molecular complexity index is 294. The highest BCUT2D eigenvalue weighted by molar-refractivity contribution is 5.29. The van der Waals surface area contributed by atoms with E-state index in [9.17, 15) is 13.2 Å². The number of nitrogens with one attached hydrogen (secondary N) is 1. The summed E-state index contributed by atoms with van der Waals surface area (Å²) in [5.41, 5.74) is 6.84. The summed E-state index contributed by atoms with van der Waals surface area (Å²) in [5, 5.41) is 0. The lowest BCUT2D eigenvalue weighted by Gasteiger charge is -2.14. The molecule has 0 heterocycles. The zero-order chi connectivity index (χ0) is 10.8. The van der Waals surface area contributed by atoms with Gasteiger partial charge in [0.2, 0.25) is 0 Å². The topological polar surface area (TPSA) is 33.0 Å². The number of rotatable bonds is 2. The van der Waals surface area contributed by atoms with Gasteiger partial charge in [-0.05, 0) is 17.7 Å². The Morgan fingerprint density at radius 3 is 2.07 bits per heavy atom. The van der Waals surface area contributed by atoms with Crippen molar-refractivity contribution in [3.05, 3.63) is 29.8 Å². The maximum absolute atomic E-state index is 12.1. The molecule has 0 saturated carbocycles. The highest BCUT2D eigenvalue weighted by Gasteiger charge is 2.38. The third-order valence-corrected chi connectivity index (χ3v) is 1.78. The Morgan fingerprint density at radius 1 is 1.21 bits per heavy atom. The minimum Gasteiger partial charge on any atom is -0.497 e. The van der Waals surface area contributed by atoms with Crippen molar-refractivity contribution in [3.63, 3.8) is 0 Å². The zero-order valence-corrected chi connectivity index (χ0v) is 7.43. The Hall–Kier alpha value is -1.23. The van der Waals surface area contributed by atoms with Gasteiger partial charge in [-0.15, -0.1) is 0 Å². The molecule has 0 aliphatic rings. The molecule has 1 atom stereocenters. The van der Waals surface area contributed by atoms with Crippen molar-refractivity contribution >= 4 is 0 Å². The fourth-order valence-corrected chi connectivity index (χ4v) is 0.985. The molecule has 0 aliphatic carbocycles. The second kappa shape index (κ2) is 3.88. The van der Waals surface area contributed by atoms with Crippen LogP contribution in [0.15, 0.2) is 24.3 Å². The first-order valence-corrected chi connectivity index (χ1v) is 3.87. The van der Waals surface area contributed by atoms with Crippen molar-refractivity contribution in [3.8, 4) is 5.75 Å². The Morgan fingerprint density at radius 2 is 1.71 bits per heavy atom. The van der Waals surface area contributed by atoms with Crippen LogP contribution < -0.4 is 10.5 Å².